The number of methoxy groups -OCH3 is 1. The van der Waals surface area contributed by atoms with Crippen molar-refractivity contribution < 1.29 is 19.1 Å². The summed E-state index contributed by atoms with van der Waals surface area (Å²) in [5, 5.41) is 5.15. The summed E-state index contributed by atoms with van der Waals surface area (Å²) in [6, 6.07) is 7.70. The fourth-order valence-electron chi connectivity index (χ4n) is 1.76. The van der Waals surface area contributed by atoms with Crippen molar-refractivity contribution in [2.75, 3.05) is 20.2 Å². The minimum absolute atomic E-state index is 0.236. The molecule has 0 aliphatic rings. The van der Waals surface area contributed by atoms with Crippen LogP contribution in [0.2, 0.25) is 0 Å². The lowest BCUT2D eigenvalue weighted by Crippen LogP contribution is -2.40. The van der Waals surface area contributed by atoms with Gasteiger partial charge in [-0.1, -0.05) is 26.0 Å². The number of carbonyl (C=O) groups is 2. The number of rotatable bonds is 7. The smallest absolute Gasteiger partial charge is 0.406 e. The highest BCUT2D eigenvalue weighted by Crippen LogP contribution is 2.19. The predicted octanol–water partition coefficient (Wildman–Crippen LogP) is 2.05. The van der Waals surface area contributed by atoms with Crippen LogP contribution in [0.3, 0.4) is 0 Å². The van der Waals surface area contributed by atoms with Crippen LogP contribution in [0.15, 0.2) is 24.3 Å². The van der Waals surface area contributed by atoms with Gasteiger partial charge in [-0.05, 0) is 30.5 Å². The number of hydrogen-bond acceptors (Lipinski definition) is 4. The molecule has 1 unspecified atom stereocenters. The lowest BCUT2D eigenvalue weighted by molar-refractivity contribution is -0.127. The van der Waals surface area contributed by atoms with Crippen molar-refractivity contribution in [3.63, 3.8) is 0 Å². The largest absolute Gasteiger partial charge is 0.481 e. The molecule has 2 amide bonds. The number of amides is 2. The molecule has 0 aliphatic carbocycles. The standard InChI is InChI=1S/C16H24N2O4/c1-11(2)13-5-7-14(8-6-13)22-12(3)15(19)17-9-10-18-16(20)21-4/h5-8,11-12H,9-10H2,1-4H3,(H,17,19)(H,18,20). The number of ether oxygens (including phenoxy) is 2. The van der Waals surface area contributed by atoms with Crippen LogP contribution < -0.4 is 15.4 Å². The third-order valence-corrected chi connectivity index (χ3v) is 3.11. The van der Waals surface area contributed by atoms with E-state index in [1.807, 2.05) is 24.3 Å². The van der Waals surface area contributed by atoms with Crippen molar-refractivity contribution >= 4 is 12.0 Å². The van der Waals surface area contributed by atoms with Gasteiger partial charge in [0, 0.05) is 13.1 Å². The third-order valence-electron chi connectivity index (χ3n) is 3.11. The van der Waals surface area contributed by atoms with E-state index >= 15 is 0 Å². The molecule has 0 heterocycles. The van der Waals surface area contributed by atoms with E-state index in [-0.39, 0.29) is 5.91 Å². The lowest BCUT2D eigenvalue weighted by atomic mass is 10.0. The van der Waals surface area contributed by atoms with E-state index in [1.54, 1.807) is 6.92 Å². The van der Waals surface area contributed by atoms with Crippen LogP contribution in [0.1, 0.15) is 32.3 Å². The summed E-state index contributed by atoms with van der Waals surface area (Å²) in [5.74, 6) is 0.872. The van der Waals surface area contributed by atoms with E-state index in [9.17, 15) is 9.59 Å². The second-order valence-electron chi connectivity index (χ2n) is 5.19. The first-order valence-corrected chi connectivity index (χ1v) is 7.30. The molecule has 0 saturated carbocycles. The average Bonchev–Trinajstić information content (AvgIpc) is 2.51. The Bertz CT molecular complexity index is 485. The number of carbonyl (C=O) groups excluding carboxylic acids is 2. The van der Waals surface area contributed by atoms with E-state index in [0.29, 0.717) is 24.8 Å². The average molecular weight is 308 g/mol. The maximum absolute atomic E-state index is 11.9. The predicted molar refractivity (Wildman–Crippen MR) is 84.0 cm³/mol. The SMILES string of the molecule is COC(=O)NCCNC(=O)C(C)Oc1ccc(C(C)C)cc1. The van der Waals surface area contributed by atoms with Crippen molar-refractivity contribution in [2.24, 2.45) is 0 Å². The molecule has 2 N–H and O–H groups in total. The van der Waals surface area contributed by atoms with Gasteiger partial charge in [0.15, 0.2) is 6.10 Å². The van der Waals surface area contributed by atoms with Crippen LogP contribution in [-0.2, 0) is 9.53 Å². The minimum atomic E-state index is -0.608. The zero-order valence-corrected chi connectivity index (χ0v) is 13.5. The van der Waals surface area contributed by atoms with Gasteiger partial charge in [-0.15, -0.1) is 0 Å². The first-order valence-electron chi connectivity index (χ1n) is 7.30. The van der Waals surface area contributed by atoms with Gasteiger partial charge >= 0.3 is 6.09 Å². The molecule has 0 fully saturated rings. The molecule has 22 heavy (non-hydrogen) atoms. The Labute approximate surface area is 131 Å². The number of alkyl carbamates (subject to hydrolysis) is 1. The van der Waals surface area contributed by atoms with Crippen molar-refractivity contribution in [3.8, 4) is 5.75 Å². The summed E-state index contributed by atoms with van der Waals surface area (Å²) < 4.78 is 10.0. The van der Waals surface area contributed by atoms with Gasteiger partial charge in [-0.3, -0.25) is 4.79 Å². The maximum atomic E-state index is 11.9. The van der Waals surface area contributed by atoms with Gasteiger partial charge in [0.2, 0.25) is 0 Å². The molecule has 0 aromatic heterocycles. The minimum Gasteiger partial charge on any atom is -0.481 e. The summed E-state index contributed by atoms with van der Waals surface area (Å²) in [4.78, 5) is 22.7. The van der Waals surface area contributed by atoms with Gasteiger partial charge in [0.05, 0.1) is 7.11 Å². The van der Waals surface area contributed by atoms with Crippen molar-refractivity contribution in [1.29, 1.82) is 0 Å². The monoisotopic (exact) mass is 308 g/mol. The molecule has 1 rings (SSSR count). The zero-order valence-electron chi connectivity index (χ0n) is 13.5. The quantitative estimate of drug-likeness (QED) is 0.756. The van der Waals surface area contributed by atoms with Crippen LogP contribution in [0, 0.1) is 0 Å². The Morgan fingerprint density at radius 3 is 2.18 bits per heavy atom. The summed E-state index contributed by atoms with van der Waals surface area (Å²) in [5.41, 5.74) is 1.22. The van der Waals surface area contributed by atoms with E-state index in [1.165, 1.54) is 12.7 Å². The van der Waals surface area contributed by atoms with Crippen LogP contribution in [0.4, 0.5) is 4.79 Å². The molecule has 122 valence electrons. The molecular weight excluding hydrogens is 284 g/mol. The molecule has 1 aromatic carbocycles. The fourth-order valence-corrected chi connectivity index (χ4v) is 1.76. The maximum Gasteiger partial charge on any atom is 0.406 e. The molecule has 0 spiro atoms. The molecule has 0 bridgehead atoms. The number of hydrogen-bond donors (Lipinski definition) is 2. The van der Waals surface area contributed by atoms with E-state index in [0.717, 1.165) is 0 Å². The van der Waals surface area contributed by atoms with E-state index in [4.69, 9.17) is 4.74 Å². The third kappa shape index (κ3) is 6.03. The molecular formula is C16H24N2O4. The number of benzene rings is 1. The molecule has 0 radical (unpaired) electrons. The molecule has 6 nitrogen and oxygen atoms in total. The summed E-state index contributed by atoms with van der Waals surface area (Å²) in [6.45, 7) is 6.53. The first-order chi connectivity index (χ1) is 10.4. The Kier molecular flexibility index (Phi) is 7.22. The number of nitrogens with one attached hydrogen (secondary N) is 2. The van der Waals surface area contributed by atoms with Crippen LogP contribution in [0.5, 0.6) is 5.75 Å². The Morgan fingerprint density at radius 1 is 1.05 bits per heavy atom. The van der Waals surface area contributed by atoms with Crippen molar-refractivity contribution in [1.82, 2.24) is 10.6 Å². The van der Waals surface area contributed by atoms with Gasteiger partial charge in [-0.2, -0.15) is 0 Å². The van der Waals surface area contributed by atoms with Gasteiger partial charge < -0.3 is 20.1 Å². The van der Waals surface area contributed by atoms with Crippen LogP contribution in [-0.4, -0.2) is 38.3 Å². The Morgan fingerprint density at radius 2 is 1.64 bits per heavy atom. The normalized spacial score (nSPS) is 11.7. The van der Waals surface area contributed by atoms with Crippen LogP contribution >= 0.6 is 0 Å². The molecule has 1 aromatic rings. The molecule has 0 saturated heterocycles. The molecule has 6 heteroatoms. The first kappa shape index (κ1) is 17.8. The lowest BCUT2D eigenvalue weighted by Gasteiger charge is -2.15. The van der Waals surface area contributed by atoms with Crippen molar-refractivity contribution in [2.45, 2.75) is 32.8 Å². The van der Waals surface area contributed by atoms with E-state index in [2.05, 4.69) is 29.2 Å². The zero-order chi connectivity index (χ0) is 16.5. The highest BCUT2D eigenvalue weighted by molar-refractivity contribution is 5.80. The highest BCUT2D eigenvalue weighted by atomic mass is 16.5. The molecule has 1 atom stereocenters. The Balaban J connectivity index is 2.35. The van der Waals surface area contributed by atoms with Gasteiger partial charge in [-0.25, -0.2) is 4.79 Å². The second-order valence-corrected chi connectivity index (χ2v) is 5.19. The fraction of sp³-hybridized carbons (Fsp3) is 0.500. The van der Waals surface area contributed by atoms with E-state index < -0.39 is 12.2 Å². The van der Waals surface area contributed by atoms with Gasteiger partial charge in [0.25, 0.3) is 5.91 Å². The summed E-state index contributed by atoms with van der Waals surface area (Å²) in [6.07, 6.45) is -1.13. The second kappa shape index (κ2) is 8.92. The topological polar surface area (TPSA) is 76.7 Å². The van der Waals surface area contributed by atoms with Gasteiger partial charge in [0.1, 0.15) is 5.75 Å². The molecule has 0 aliphatic heterocycles. The van der Waals surface area contributed by atoms with Crippen molar-refractivity contribution in [3.05, 3.63) is 29.8 Å². The Hall–Kier alpha value is -2.24. The highest BCUT2D eigenvalue weighted by Gasteiger charge is 2.14. The summed E-state index contributed by atoms with van der Waals surface area (Å²) in [7, 11) is 1.29. The van der Waals surface area contributed by atoms with Crippen LogP contribution in [0.25, 0.3) is 0 Å². The summed E-state index contributed by atoms with van der Waals surface area (Å²) >= 11 is 0.